The number of carbonyl (C=O) groups excluding carboxylic acids is 4. The van der Waals surface area contributed by atoms with Gasteiger partial charge in [0.25, 0.3) is 11.2 Å². The first-order valence-corrected chi connectivity index (χ1v) is 14.3. The number of hydrogen-bond acceptors (Lipinski definition) is 14. The predicted octanol–water partition coefficient (Wildman–Crippen LogP) is 1.85. The minimum absolute atomic E-state index is 0.105. The summed E-state index contributed by atoms with van der Waals surface area (Å²) in [6, 6.07) is 4.83. The lowest BCUT2D eigenvalue weighted by Crippen LogP contribution is -2.64. The third-order valence-electron chi connectivity index (χ3n) is 9.25. The Morgan fingerprint density at radius 1 is 0.739 bits per heavy atom. The summed E-state index contributed by atoms with van der Waals surface area (Å²) in [7, 11) is 2.01. The molecule has 14 heteroatoms. The number of fused-ring (bicyclic) bond motifs is 4. The second-order valence-electron chi connectivity index (χ2n) is 11.9. The average Bonchev–Trinajstić information content (AvgIpc) is 3.01. The Morgan fingerprint density at radius 3 is 1.74 bits per heavy atom. The molecule has 2 saturated carbocycles. The van der Waals surface area contributed by atoms with Crippen molar-refractivity contribution in [1.82, 2.24) is 0 Å². The maximum absolute atomic E-state index is 13.3. The van der Waals surface area contributed by atoms with Gasteiger partial charge in [-0.1, -0.05) is 13.8 Å². The highest BCUT2D eigenvalue weighted by Gasteiger charge is 2.64. The van der Waals surface area contributed by atoms with Crippen LogP contribution in [0.1, 0.15) is 37.8 Å². The van der Waals surface area contributed by atoms with E-state index in [1.165, 1.54) is 32.0 Å². The summed E-state index contributed by atoms with van der Waals surface area (Å²) in [6.45, 7) is 3.01. The molecule has 2 aliphatic heterocycles. The van der Waals surface area contributed by atoms with Gasteiger partial charge in [-0.15, -0.1) is 0 Å². The lowest BCUT2D eigenvalue weighted by atomic mass is 9.69. The van der Waals surface area contributed by atoms with E-state index in [-0.39, 0.29) is 29.7 Å². The minimum atomic E-state index is -2.55. The van der Waals surface area contributed by atoms with Crippen molar-refractivity contribution in [2.24, 2.45) is 11.8 Å². The number of methoxy groups -OCH3 is 2. The van der Waals surface area contributed by atoms with Gasteiger partial charge in [0, 0.05) is 24.0 Å². The minimum Gasteiger partial charge on any atom is -0.507 e. The second kappa shape index (κ2) is 10.2. The van der Waals surface area contributed by atoms with E-state index < -0.39 is 110 Å². The fraction of sp³-hybridized carbons (Fsp3) is 0.375. The smallest absolute Gasteiger partial charge is 0.358 e. The van der Waals surface area contributed by atoms with Crippen LogP contribution in [0.3, 0.4) is 0 Å². The monoisotopic (exact) mass is 638 g/mol. The van der Waals surface area contributed by atoms with Gasteiger partial charge in [0.05, 0.1) is 25.4 Å². The van der Waals surface area contributed by atoms with Gasteiger partial charge in [-0.3, -0.25) is 9.59 Å². The van der Waals surface area contributed by atoms with Crippen molar-refractivity contribution >= 4 is 35.0 Å². The molecule has 0 bridgehead atoms. The third-order valence-corrected chi connectivity index (χ3v) is 9.25. The molecule has 6 atom stereocenters. The quantitative estimate of drug-likeness (QED) is 0.264. The highest BCUT2D eigenvalue weighted by atomic mass is 16.6. The van der Waals surface area contributed by atoms with Gasteiger partial charge in [0.15, 0.2) is 11.6 Å². The van der Waals surface area contributed by atoms with Crippen LogP contribution < -0.4 is 9.47 Å². The summed E-state index contributed by atoms with van der Waals surface area (Å²) in [4.78, 5) is 52.7. The molecular formula is C32H30O14. The highest BCUT2D eigenvalue weighted by Crippen LogP contribution is 2.56. The van der Waals surface area contributed by atoms with Crippen molar-refractivity contribution in [3.8, 4) is 34.1 Å². The van der Waals surface area contributed by atoms with Gasteiger partial charge in [0.1, 0.15) is 57.9 Å². The van der Waals surface area contributed by atoms with Crippen LogP contribution in [-0.4, -0.2) is 91.8 Å². The fourth-order valence-electron chi connectivity index (χ4n) is 7.00. The van der Waals surface area contributed by atoms with Crippen LogP contribution in [0, 0.1) is 11.8 Å². The van der Waals surface area contributed by atoms with Crippen molar-refractivity contribution in [2.75, 3.05) is 14.2 Å². The number of Topliss-reactive ketones (excluding diaryl/α,β-unsaturated/α-hetero) is 2. The lowest BCUT2D eigenvalue weighted by molar-refractivity contribution is -0.173. The Hall–Kier alpha value is -5.08. The molecule has 0 saturated heterocycles. The number of esters is 2. The topological polar surface area (TPSA) is 227 Å². The van der Waals surface area contributed by atoms with E-state index >= 15 is 0 Å². The van der Waals surface area contributed by atoms with Crippen molar-refractivity contribution in [3.63, 3.8) is 0 Å². The molecule has 0 unspecified atom stereocenters. The number of phenols is 2. The zero-order valence-corrected chi connectivity index (χ0v) is 25.0. The van der Waals surface area contributed by atoms with Crippen molar-refractivity contribution in [3.05, 3.63) is 46.5 Å². The van der Waals surface area contributed by atoms with E-state index in [0.717, 1.165) is 20.3 Å². The molecule has 0 amide bonds. The Balaban J connectivity index is 1.61. The van der Waals surface area contributed by atoms with Gasteiger partial charge in [-0.05, 0) is 36.1 Å². The molecule has 242 valence electrons. The van der Waals surface area contributed by atoms with Gasteiger partial charge in [-0.2, -0.15) is 0 Å². The van der Waals surface area contributed by atoms with Gasteiger partial charge in [0.2, 0.25) is 0 Å². The first kappa shape index (κ1) is 30.9. The number of aliphatic hydroxyl groups excluding tert-OH is 4. The number of ether oxygens (including phenoxy) is 4. The molecule has 14 nitrogen and oxygen atoms in total. The molecule has 2 aliphatic carbocycles. The molecule has 2 heterocycles. The Morgan fingerprint density at radius 2 is 1.22 bits per heavy atom. The lowest BCUT2D eigenvalue weighted by Gasteiger charge is -2.46. The number of rotatable bonds is 3. The van der Waals surface area contributed by atoms with E-state index in [2.05, 4.69) is 0 Å². The molecule has 2 fully saturated rings. The number of aliphatic hydroxyl groups is 4. The maximum Gasteiger partial charge on any atom is 0.358 e. The number of hydrogen-bond donors (Lipinski definition) is 6. The summed E-state index contributed by atoms with van der Waals surface area (Å²) in [5.41, 5.74) is -7.36. The summed E-state index contributed by atoms with van der Waals surface area (Å²) in [5.74, 6) is -9.21. The molecule has 0 radical (unpaired) electrons. The largest absolute Gasteiger partial charge is 0.507 e. The maximum atomic E-state index is 13.3. The van der Waals surface area contributed by atoms with Gasteiger partial charge in [-0.25, -0.2) is 9.59 Å². The van der Waals surface area contributed by atoms with Crippen LogP contribution in [0.2, 0.25) is 0 Å². The van der Waals surface area contributed by atoms with Crippen molar-refractivity contribution < 1.29 is 68.8 Å². The molecule has 6 N–H and O–H groups in total. The highest BCUT2D eigenvalue weighted by molar-refractivity contribution is 6.14. The van der Waals surface area contributed by atoms with Gasteiger partial charge >= 0.3 is 11.9 Å². The SMILES string of the molecule is COC(=O)[C@@]12Oc3ccc(-c4ccc(O)c5c4O[C@]4(C(=O)OC)C(=C5O)C(=O)C[C@H](C)[C@@H]4O)c(O)c3C(O)=C1C(=O)C[C@H](C)[C@H]2O. The average molecular weight is 639 g/mol. The molecule has 0 aromatic heterocycles. The summed E-state index contributed by atoms with van der Waals surface area (Å²) < 4.78 is 21.8. The zero-order chi connectivity index (χ0) is 33.6. The van der Waals surface area contributed by atoms with E-state index in [1.54, 1.807) is 0 Å². The fourth-order valence-corrected chi connectivity index (χ4v) is 7.00. The number of aromatic hydroxyl groups is 2. The van der Waals surface area contributed by atoms with E-state index in [0.29, 0.717) is 0 Å². The summed E-state index contributed by atoms with van der Waals surface area (Å²) in [6.07, 6.45) is -3.83. The number of carbonyl (C=O) groups is 4. The van der Waals surface area contributed by atoms with Crippen LogP contribution in [-0.2, 0) is 28.7 Å². The van der Waals surface area contributed by atoms with Crippen LogP contribution in [0.15, 0.2) is 35.4 Å². The van der Waals surface area contributed by atoms with Crippen LogP contribution in [0.5, 0.6) is 23.0 Å². The molecular weight excluding hydrogens is 608 g/mol. The summed E-state index contributed by atoms with van der Waals surface area (Å²) in [5, 5.41) is 67.5. The van der Waals surface area contributed by atoms with E-state index in [4.69, 9.17) is 18.9 Å². The number of benzene rings is 2. The zero-order valence-electron chi connectivity index (χ0n) is 25.0. The molecule has 46 heavy (non-hydrogen) atoms. The van der Waals surface area contributed by atoms with Gasteiger partial charge < -0.3 is 49.6 Å². The molecule has 2 aromatic carbocycles. The van der Waals surface area contributed by atoms with Crippen LogP contribution in [0.4, 0.5) is 0 Å². The molecule has 4 aliphatic rings. The number of phenolic OH excluding ortho intramolecular Hbond substituents is 2. The number of ketones is 2. The molecule has 6 rings (SSSR count). The van der Waals surface area contributed by atoms with E-state index in [1.807, 2.05) is 0 Å². The Kier molecular flexibility index (Phi) is 6.87. The van der Waals surface area contributed by atoms with Crippen LogP contribution in [0.25, 0.3) is 22.6 Å². The first-order valence-electron chi connectivity index (χ1n) is 14.3. The molecule has 0 spiro atoms. The summed E-state index contributed by atoms with van der Waals surface area (Å²) >= 11 is 0. The van der Waals surface area contributed by atoms with Crippen molar-refractivity contribution in [2.45, 2.75) is 50.1 Å². The normalized spacial score (nSPS) is 29.9. The Bertz CT molecular complexity index is 1820. The van der Waals surface area contributed by atoms with E-state index in [9.17, 15) is 49.8 Å². The van der Waals surface area contributed by atoms with Crippen LogP contribution >= 0.6 is 0 Å². The molecule has 2 aromatic rings. The standard InChI is InChI=1S/C32H30O14/c1-11-9-17(35)22-25(38)20-18(45-31(22,27(11)39)29(41)43-3)8-6-13(23(20)36)14-5-7-15(33)19-24(37)21-16(34)10-12(2)28(40)32(21,30(42)44-4)46-26(14)19/h5-8,11-12,27-28,33,36-40H,9-10H2,1-4H3/t11-,12-,27+,28-,31+,32+/m0/s1. The van der Waals surface area contributed by atoms with Crippen molar-refractivity contribution in [1.29, 1.82) is 0 Å². The predicted molar refractivity (Wildman–Crippen MR) is 155 cm³/mol. The Labute approximate surface area is 260 Å². The third kappa shape index (κ3) is 3.70. The second-order valence-corrected chi connectivity index (χ2v) is 11.9. The first-order chi connectivity index (χ1) is 21.7.